The molecule has 0 atom stereocenters. The quantitative estimate of drug-likeness (QED) is 0.511. The number of halogens is 1. The maximum atomic E-state index is 6.31. The Kier molecular flexibility index (Phi) is 5.50. The standard InChI is InChI=1S/C20H20ClN5.Na.H/c1-12-15(11-23-26(12)20(2,3)4)18-24-17-9-13(10-22-19(17)25-18)14-7-5-6-8-16(14)21;;/h5-11H,1-4H3,(H,22,24,25);;. The second kappa shape index (κ2) is 7.40. The van der Waals surface area contributed by atoms with Crippen molar-refractivity contribution in [1.29, 1.82) is 0 Å². The summed E-state index contributed by atoms with van der Waals surface area (Å²) in [6.45, 7) is 8.45. The number of aromatic amines is 1. The predicted molar refractivity (Wildman–Crippen MR) is 112 cm³/mol. The molecule has 0 saturated heterocycles. The third-order valence-electron chi connectivity index (χ3n) is 4.42. The van der Waals surface area contributed by atoms with Crippen LogP contribution in [-0.4, -0.2) is 54.3 Å². The fourth-order valence-corrected chi connectivity index (χ4v) is 3.43. The molecular formula is C20H21ClN5Na. The molecule has 1 N–H and O–H groups in total. The number of imidazole rings is 1. The molecular weight excluding hydrogens is 369 g/mol. The number of fused-ring (bicyclic) bond motifs is 1. The predicted octanol–water partition coefficient (Wildman–Crippen LogP) is 4.56. The van der Waals surface area contributed by atoms with E-state index in [2.05, 4.69) is 42.8 Å². The first kappa shape index (κ1) is 20.1. The Morgan fingerprint density at radius 2 is 1.81 bits per heavy atom. The van der Waals surface area contributed by atoms with Gasteiger partial charge >= 0.3 is 29.6 Å². The van der Waals surface area contributed by atoms with Crippen molar-refractivity contribution in [3.05, 3.63) is 53.4 Å². The van der Waals surface area contributed by atoms with E-state index in [1.165, 1.54) is 0 Å². The van der Waals surface area contributed by atoms with Crippen LogP contribution in [0, 0.1) is 6.92 Å². The van der Waals surface area contributed by atoms with Gasteiger partial charge in [0.15, 0.2) is 5.65 Å². The summed E-state index contributed by atoms with van der Waals surface area (Å²) in [7, 11) is 0. The summed E-state index contributed by atoms with van der Waals surface area (Å²) in [4.78, 5) is 12.6. The molecule has 0 radical (unpaired) electrons. The Labute approximate surface area is 185 Å². The Hall–Kier alpha value is -1.66. The van der Waals surface area contributed by atoms with E-state index in [0.29, 0.717) is 5.02 Å². The van der Waals surface area contributed by atoms with E-state index in [9.17, 15) is 0 Å². The van der Waals surface area contributed by atoms with E-state index in [1.807, 2.05) is 47.4 Å². The number of pyridine rings is 1. The fourth-order valence-electron chi connectivity index (χ4n) is 3.18. The minimum absolute atomic E-state index is 0. The average molecular weight is 390 g/mol. The number of hydrogen-bond donors (Lipinski definition) is 1. The molecule has 27 heavy (non-hydrogen) atoms. The summed E-state index contributed by atoms with van der Waals surface area (Å²) in [5, 5.41) is 5.23. The summed E-state index contributed by atoms with van der Waals surface area (Å²) < 4.78 is 2.01. The molecule has 0 aliphatic rings. The summed E-state index contributed by atoms with van der Waals surface area (Å²) in [5.41, 5.74) is 5.43. The van der Waals surface area contributed by atoms with Crippen LogP contribution in [0.5, 0.6) is 0 Å². The fraction of sp³-hybridized carbons (Fsp3) is 0.250. The Bertz CT molecular complexity index is 1110. The van der Waals surface area contributed by atoms with Gasteiger partial charge in [-0.2, -0.15) is 5.10 Å². The van der Waals surface area contributed by atoms with E-state index in [0.717, 1.165) is 39.4 Å². The number of nitrogens with one attached hydrogen (secondary N) is 1. The Morgan fingerprint density at radius 3 is 2.48 bits per heavy atom. The van der Waals surface area contributed by atoms with Crippen LogP contribution in [-0.2, 0) is 5.54 Å². The number of H-pyrrole nitrogens is 1. The monoisotopic (exact) mass is 389 g/mol. The molecule has 0 fully saturated rings. The van der Waals surface area contributed by atoms with Gasteiger partial charge in [-0.05, 0) is 39.8 Å². The second-order valence-corrected chi connectivity index (χ2v) is 7.79. The Balaban J connectivity index is 0.00000210. The molecule has 0 unspecified atom stereocenters. The molecule has 4 rings (SSSR count). The molecule has 4 aromatic rings. The summed E-state index contributed by atoms with van der Waals surface area (Å²) >= 11 is 6.31. The van der Waals surface area contributed by atoms with Crippen LogP contribution in [0.4, 0.5) is 0 Å². The SMILES string of the molecule is Cc1c(-c2nc3cc(-c4ccccc4Cl)cnc3[nH]2)cnn1C(C)(C)C.[NaH]. The minimum atomic E-state index is -0.0795. The van der Waals surface area contributed by atoms with Crippen LogP contribution in [0.3, 0.4) is 0 Å². The zero-order valence-corrected chi connectivity index (χ0v) is 16.0. The van der Waals surface area contributed by atoms with Gasteiger partial charge in [-0.15, -0.1) is 0 Å². The first-order chi connectivity index (χ1) is 12.3. The number of benzene rings is 1. The molecule has 3 aromatic heterocycles. The van der Waals surface area contributed by atoms with Gasteiger partial charge in [-0.25, -0.2) is 9.97 Å². The summed E-state index contributed by atoms with van der Waals surface area (Å²) in [6, 6.07) is 9.75. The van der Waals surface area contributed by atoms with Crippen molar-refractivity contribution in [2.45, 2.75) is 33.2 Å². The molecule has 0 aliphatic heterocycles. The van der Waals surface area contributed by atoms with E-state index in [1.54, 1.807) is 0 Å². The number of rotatable bonds is 2. The van der Waals surface area contributed by atoms with Gasteiger partial charge in [-0.1, -0.05) is 29.8 Å². The van der Waals surface area contributed by atoms with Crippen LogP contribution in [0.25, 0.3) is 33.7 Å². The van der Waals surface area contributed by atoms with Gasteiger partial charge in [-0.3, -0.25) is 4.68 Å². The Morgan fingerprint density at radius 1 is 1.07 bits per heavy atom. The first-order valence-corrected chi connectivity index (χ1v) is 8.88. The van der Waals surface area contributed by atoms with Gasteiger partial charge in [0.25, 0.3) is 0 Å². The third kappa shape index (κ3) is 3.69. The van der Waals surface area contributed by atoms with Crippen molar-refractivity contribution in [3.63, 3.8) is 0 Å². The van der Waals surface area contributed by atoms with E-state index in [4.69, 9.17) is 16.6 Å². The number of aromatic nitrogens is 5. The normalized spacial score (nSPS) is 11.6. The number of nitrogens with zero attached hydrogens (tertiary/aromatic N) is 4. The molecule has 7 heteroatoms. The zero-order valence-electron chi connectivity index (χ0n) is 15.2. The molecule has 0 aliphatic carbocycles. The van der Waals surface area contributed by atoms with Crippen LogP contribution in [0.2, 0.25) is 5.02 Å². The molecule has 0 amide bonds. The van der Waals surface area contributed by atoms with E-state index in [-0.39, 0.29) is 35.1 Å². The average Bonchev–Trinajstić information content (AvgIpc) is 3.17. The van der Waals surface area contributed by atoms with E-state index < -0.39 is 0 Å². The molecule has 0 saturated carbocycles. The van der Waals surface area contributed by atoms with Crippen LogP contribution < -0.4 is 0 Å². The first-order valence-electron chi connectivity index (χ1n) is 8.51. The zero-order chi connectivity index (χ0) is 18.5. The van der Waals surface area contributed by atoms with Gasteiger partial charge in [0.1, 0.15) is 11.3 Å². The third-order valence-corrected chi connectivity index (χ3v) is 4.75. The number of hydrogen-bond acceptors (Lipinski definition) is 3. The molecule has 0 bridgehead atoms. The van der Waals surface area contributed by atoms with Crippen molar-refractivity contribution >= 4 is 52.3 Å². The van der Waals surface area contributed by atoms with Gasteiger partial charge in [0.05, 0.1) is 17.3 Å². The molecule has 1 aromatic carbocycles. The van der Waals surface area contributed by atoms with Gasteiger partial charge in [0.2, 0.25) is 0 Å². The maximum absolute atomic E-state index is 6.31. The van der Waals surface area contributed by atoms with Crippen LogP contribution in [0.1, 0.15) is 26.5 Å². The second-order valence-electron chi connectivity index (χ2n) is 7.38. The van der Waals surface area contributed by atoms with Crippen molar-refractivity contribution in [1.82, 2.24) is 24.7 Å². The molecule has 134 valence electrons. The molecule has 3 heterocycles. The van der Waals surface area contributed by atoms with Gasteiger partial charge < -0.3 is 4.98 Å². The van der Waals surface area contributed by atoms with Gasteiger partial charge in [0, 0.05) is 28.0 Å². The topological polar surface area (TPSA) is 59.4 Å². The van der Waals surface area contributed by atoms with Crippen molar-refractivity contribution < 1.29 is 0 Å². The van der Waals surface area contributed by atoms with Crippen LogP contribution in [0.15, 0.2) is 42.7 Å². The van der Waals surface area contributed by atoms with E-state index >= 15 is 0 Å². The molecule has 5 nitrogen and oxygen atoms in total. The van der Waals surface area contributed by atoms with Crippen molar-refractivity contribution in [3.8, 4) is 22.5 Å². The molecule has 0 spiro atoms. The van der Waals surface area contributed by atoms with Crippen molar-refractivity contribution in [2.24, 2.45) is 0 Å². The summed E-state index contributed by atoms with van der Waals surface area (Å²) in [6.07, 6.45) is 3.67. The summed E-state index contributed by atoms with van der Waals surface area (Å²) in [5.74, 6) is 0.775. The van der Waals surface area contributed by atoms with Crippen molar-refractivity contribution in [2.75, 3.05) is 0 Å². The van der Waals surface area contributed by atoms with Crippen LogP contribution >= 0.6 is 11.6 Å².